The minimum Gasteiger partial charge on any atom is -0.342 e. The predicted molar refractivity (Wildman–Crippen MR) is 88.2 cm³/mol. The molecule has 3 rings (SSSR count). The molecule has 2 saturated heterocycles. The SMILES string of the molecule is CCN1CC2(CCC1=O)CCN(C(=O)Cn1cccnc1=O)CC2. The fourth-order valence-electron chi connectivity index (χ4n) is 3.78. The van der Waals surface area contributed by atoms with Gasteiger partial charge in [0.25, 0.3) is 0 Å². The number of rotatable bonds is 3. The van der Waals surface area contributed by atoms with Crippen LogP contribution in [0.3, 0.4) is 0 Å². The second-order valence-corrected chi connectivity index (χ2v) is 6.82. The first-order valence-corrected chi connectivity index (χ1v) is 8.60. The van der Waals surface area contributed by atoms with Crippen LogP contribution >= 0.6 is 0 Å². The Hall–Kier alpha value is -2.18. The number of hydrogen-bond donors (Lipinski definition) is 0. The molecule has 0 saturated carbocycles. The van der Waals surface area contributed by atoms with Gasteiger partial charge in [-0.05, 0) is 37.7 Å². The largest absolute Gasteiger partial charge is 0.347 e. The Bertz CT molecular complexity index is 676. The minimum atomic E-state index is -0.399. The Morgan fingerprint density at radius 3 is 2.67 bits per heavy atom. The van der Waals surface area contributed by atoms with Crippen molar-refractivity contribution in [3.8, 4) is 0 Å². The molecule has 3 heterocycles. The lowest BCUT2D eigenvalue weighted by atomic mass is 9.72. The van der Waals surface area contributed by atoms with E-state index in [4.69, 9.17) is 0 Å². The predicted octanol–water partition coefficient (Wildman–Crippen LogP) is 0.494. The van der Waals surface area contributed by atoms with E-state index < -0.39 is 5.69 Å². The lowest BCUT2D eigenvalue weighted by Crippen LogP contribution is -2.52. The summed E-state index contributed by atoms with van der Waals surface area (Å²) in [5, 5.41) is 0. The van der Waals surface area contributed by atoms with Gasteiger partial charge in [0.2, 0.25) is 11.8 Å². The normalized spacial score (nSPS) is 20.5. The lowest BCUT2D eigenvalue weighted by molar-refractivity contribution is -0.142. The van der Waals surface area contributed by atoms with Gasteiger partial charge in [0.15, 0.2) is 0 Å². The zero-order chi connectivity index (χ0) is 17.2. The highest BCUT2D eigenvalue weighted by atomic mass is 16.2. The molecule has 0 N–H and O–H groups in total. The maximum absolute atomic E-state index is 12.4. The van der Waals surface area contributed by atoms with Crippen molar-refractivity contribution in [2.45, 2.75) is 39.2 Å². The summed E-state index contributed by atoms with van der Waals surface area (Å²) in [6, 6.07) is 1.65. The quantitative estimate of drug-likeness (QED) is 0.807. The third kappa shape index (κ3) is 3.34. The second-order valence-electron chi connectivity index (χ2n) is 6.82. The summed E-state index contributed by atoms with van der Waals surface area (Å²) in [6.07, 6.45) is 6.40. The van der Waals surface area contributed by atoms with Crippen molar-refractivity contribution in [3.63, 3.8) is 0 Å². The van der Waals surface area contributed by atoms with Crippen molar-refractivity contribution in [2.75, 3.05) is 26.2 Å². The van der Waals surface area contributed by atoms with Gasteiger partial charge >= 0.3 is 5.69 Å². The summed E-state index contributed by atoms with van der Waals surface area (Å²) < 4.78 is 1.34. The molecule has 0 unspecified atom stereocenters. The van der Waals surface area contributed by atoms with E-state index in [9.17, 15) is 14.4 Å². The number of amides is 2. The number of carbonyl (C=O) groups excluding carboxylic acids is 2. The molecule has 0 radical (unpaired) electrons. The number of likely N-dealkylation sites (tertiary alicyclic amines) is 2. The molecule has 2 amide bonds. The summed E-state index contributed by atoms with van der Waals surface area (Å²) in [5.41, 5.74) is -0.241. The van der Waals surface area contributed by atoms with Crippen LogP contribution in [0.2, 0.25) is 0 Å². The monoisotopic (exact) mass is 332 g/mol. The molecule has 24 heavy (non-hydrogen) atoms. The van der Waals surface area contributed by atoms with Gasteiger partial charge < -0.3 is 9.80 Å². The minimum absolute atomic E-state index is 0.0409. The van der Waals surface area contributed by atoms with Gasteiger partial charge in [-0.15, -0.1) is 0 Å². The summed E-state index contributed by atoms with van der Waals surface area (Å²) in [5.74, 6) is 0.205. The van der Waals surface area contributed by atoms with E-state index >= 15 is 0 Å². The second kappa shape index (κ2) is 6.75. The molecule has 1 aromatic heterocycles. The fraction of sp³-hybridized carbons (Fsp3) is 0.647. The molecule has 2 fully saturated rings. The van der Waals surface area contributed by atoms with Gasteiger partial charge in [0.1, 0.15) is 6.54 Å². The van der Waals surface area contributed by atoms with Crippen LogP contribution in [0.1, 0.15) is 32.6 Å². The molecule has 0 aromatic carbocycles. The van der Waals surface area contributed by atoms with E-state index in [0.717, 1.165) is 32.4 Å². The Kier molecular flexibility index (Phi) is 4.69. The standard InChI is InChI=1S/C17H24N4O3/c1-2-19-13-17(5-4-14(19)22)6-10-20(11-7-17)15(23)12-21-9-3-8-18-16(21)24/h3,8-9H,2,4-7,10-13H2,1H3. The van der Waals surface area contributed by atoms with E-state index in [1.165, 1.54) is 10.8 Å². The van der Waals surface area contributed by atoms with Crippen molar-refractivity contribution < 1.29 is 9.59 Å². The van der Waals surface area contributed by atoms with Gasteiger partial charge in [0.05, 0.1) is 0 Å². The molecular formula is C17H24N4O3. The molecule has 2 aliphatic rings. The number of aromatic nitrogens is 2. The molecule has 0 atom stereocenters. The Labute approximate surface area is 141 Å². The highest BCUT2D eigenvalue weighted by molar-refractivity contribution is 5.77. The Morgan fingerprint density at radius 1 is 1.25 bits per heavy atom. The van der Waals surface area contributed by atoms with Crippen LogP contribution in [-0.2, 0) is 16.1 Å². The zero-order valence-electron chi connectivity index (χ0n) is 14.1. The van der Waals surface area contributed by atoms with Crippen LogP contribution in [0.4, 0.5) is 0 Å². The van der Waals surface area contributed by atoms with Crippen molar-refractivity contribution in [1.82, 2.24) is 19.4 Å². The van der Waals surface area contributed by atoms with Crippen LogP contribution in [0.25, 0.3) is 0 Å². The van der Waals surface area contributed by atoms with Gasteiger partial charge in [-0.3, -0.25) is 14.2 Å². The first-order chi connectivity index (χ1) is 11.5. The fourth-order valence-corrected chi connectivity index (χ4v) is 3.78. The van der Waals surface area contributed by atoms with E-state index in [-0.39, 0.29) is 23.8 Å². The maximum Gasteiger partial charge on any atom is 0.347 e. The van der Waals surface area contributed by atoms with Crippen LogP contribution in [-0.4, -0.2) is 57.3 Å². The van der Waals surface area contributed by atoms with E-state index in [1.54, 1.807) is 12.3 Å². The Morgan fingerprint density at radius 2 is 2.00 bits per heavy atom. The van der Waals surface area contributed by atoms with Crippen molar-refractivity contribution in [2.24, 2.45) is 5.41 Å². The first kappa shape index (κ1) is 16.7. The molecule has 0 bridgehead atoms. The van der Waals surface area contributed by atoms with Crippen LogP contribution in [0.15, 0.2) is 23.3 Å². The first-order valence-electron chi connectivity index (χ1n) is 8.60. The summed E-state index contributed by atoms with van der Waals surface area (Å²) in [4.78, 5) is 43.4. The van der Waals surface area contributed by atoms with Crippen LogP contribution in [0, 0.1) is 5.41 Å². The molecule has 1 spiro atoms. The van der Waals surface area contributed by atoms with Gasteiger partial charge in [-0.1, -0.05) is 0 Å². The smallest absolute Gasteiger partial charge is 0.342 e. The number of nitrogens with zero attached hydrogens (tertiary/aromatic N) is 4. The van der Waals surface area contributed by atoms with Crippen molar-refractivity contribution in [3.05, 3.63) is 28.9 Å². The highest BCUT2D eigenvalue weighted by Gasteiger charge is 2.41. The number of hydrogen-bond acceptors (Lipinski definition) is 4. The topological polar surface area (TPSA) is 75.5 Å². The van der Waals surface area contributed by atoms with E-state index in [0.29, 0.717) is 19.5 Å². The summed E-state index contributed by atoms with van der Waals surface area (Å²) in [7, 11) is 0. The molecular weight excluding hydrogens is 308 g/mol. The van der Waals surface area contributed by atoms with Crippen LogP contribution < -0.4 is 5.69 Å². The summed E-state index contributed by atoms with van der Waals surface area (Å²) in [6.45, 7) is 5.01. The Balaban J connectivity index is 1.59. The third-order valence-corrected chi connectivity index (χ3v) is 5.40. The van der Waals surface area contributed by atoms with Gasteiger partial charge in [-0.25, -0.2) is 9.78 Å². The van der Waals surface area contributed by atoms with Gasteiger partial charge in [-0.2, -0.15) is 0 Å². The molecule has 0 aliphatic carbocycles. The number of piperidine rings is 2. The molecule has 2 aliphatic heterocycles. The number of carbonyl (C=O) groups is 2. The summed E-state index contributed by atoms with van der Waals surface area (Å²) >= 11 is 0. The lowest BCUT2D eigenvalue weighted by Gasteiger charge is -2.47. The van der Waals surface area contributed by atoms with E-state index in [1.807, 2.05) is 16.7 Å². The highest BCUT2D eigenvalue weighted by Crippen LogP contribution is 2.40. The average molecular weight is 332 g/mol. The molecule has 7 nitrogen and oxygen atoms in total. The third-order valence-electron chi connectivity index (χ3n) is 5.40. The molecule has 7 heteroatoms. The average Bonchev–Trinajstić information content (AvgIpc) is 2.60. The molecule has 130 valence electrons. The van der Waals surface area contributed by atoms with Gasteiger partial charge in [0, 0.05) is 45.0 Å². The molecule has 1 aromatic rings. The van der Waals surface area contributed by atoms with Crippen molar-refractivity contribution >= 4 is 11.8 Å². The van der Waals surface area contributed by atoms with E-state index in [2.05, 4.69) is 4.98 Å². The zero-order valence-corrected chi connectivity index (χ0v) is 14.1. The maximum atomic E-state index is 12.4. The van der Waals surface area contributed by atoms with Crippen molar-refractivity contribution in [1.29, 1.82) is 0 Å². The van der Waals surface area contributed by atoms with Crippen LogP contribution in [0.5, 0.6) is 0 Å².